The summed E-state index contributed by atoms with van der Waals surface area (Å²) in [4.78, 5) is 11.7. The van der Waals surface area contributed by atoms with E-state index in [0.29, 0.717) is 12.0 Å². The van der Waals surface area contributed by atoms with E-state index in [1.807, 2.05) is 36.4 Å². The Balaban J connectivity index is 2.10. The van der Waals surface area contributed by atoms with Crippen molar-refractivity contribution in [1.82, 2.24) is 0 Å². The molecule has 0 spiro atoms. The number of benzene rings is 2. The summed E-state index contributed by atoms with van der Waals surface area (Å²) in [6, 6.07) is 17.7. The van der Waals surface area contributed by atoms with Crippen molar-refractivity contribution in [2.45, 2.75) is 12.8 Å². The molecule has 2 aromatic carbocycles. The SMILES string of the molecule is C=C(Cc1ccccc1)Cc1ccccc1C(=O)OC. The summed E-state index contributed by atoms with van der Waals surface area (Å²) in [7, 11) is 1.40. The van der Waals surface area contributed by atoms with E-state index in [4.69, 9.17) is 4.74 Å². The lowest BCUT2D eigenvalue weighted by atomic mass is 9.96. The molecule has 0 fully saturated rings. The van der Waals surface area contributed by atoms with Crippen molar-refractivity contribution in [3.63, 3.8) is 0 Å². The highest BCUT2D eigenvalue weighted by Gasteiger charge is 2.11. The molecule has 0 amide bonds. The van der Waals surface area contributed by atoms with E-state index in [1.165, 1.54) is 12.7 Å². The average molecular weight is 266 g/mol. The number of esters is 1. The van der Waals surface area contributed by atoms with Crippen LogP contribution in [-0.2, 0) is 17.6 Å². The third-order valence-corrected chi connectivity index (χ3v) is 3.16. The molecule has 2 nitrogen and oxygen atoms in total. The lowest BCUT2D eigenvalue weighted by Crippen LogP contribution is -2.06. The van der Waals surface area contributed by atoms with Gasteiger partial charge in [-0.15, -0.1) is 0 Å². The molecular weight excluding hydrogens is 248 g/mol. The Morgan fingerprint density at radius 2 is 1.65 bits per heavy atom. The van der Waals surface area contributed by atoms with E-state index >= 15 is 0 Å². The smallest absolute Gasteiger partial charge is 0.338 e. The molecule has 0 radical (unpaired) electrons. The lowest BCUT2D eigenvalue weighted by Gasteiger charge is -2.10. The van der Waals surface area contributed by atoms with Crippen LogP contribution in [0.15, 0.2) is 66.7 Å². The van der Waals surface area contributed by atoms with Gasteiger partial charge in [-0.2, -0.15) is 0 Å². The minimum Gasteiger partial charge on any atom is -0.465 e. The molecule has 0 saturated carbocycles. The molecule has 2 rings (SSSR count). The van der Waals surface area contributed by atoms with Crippen LogP contribution >= 0.6 is 0 Å². The molecule has 0 aliphatic carbocycles. The van der Waals surface area contributed by atoms with Gasteiger partial charge in [0.25, 0.3) is 0 Å². The Labute approximate surface area is 119 Å². The fourth-order valence-electron chi connectivity index (χ4n) is 2.20. The predicted octanol–water partition coefficient (Wildman–Crippen LogP) is 3.81. The van der Waals surface area contributed by atoms with Crippen LogP contribution in [0.25, 0.3) is 0 Å². The van der Waals surface area contributed by atoms with Crippen LogP contribution in [0.3, 0.4) is 0 Å². The maximum Gasteiger partial charge on any atom is 0.338 e. The number of hydrogen-bond donors (Lipinski definition) is 0. The molecule has 0 atom stereocenters. The van der Waals surface area contributed by atoms with Gasteiger partial charge in [0.15, 0.2) is 0 Å². The molecule has 0 saturated heterocycles. The molecule has 2 aromatic rings. The lowest BCUT2D eigenvalue weighted by molar-refractivity contribution is 0.0599. The molecule has 0 heterocycles. The third kappa shape index (κ3) is 3.58. The topological polar surface area (TPSA) is 26.3 Å². The first-order valence-corrected chi connectivity index (χ1v) is 6.57. The Morgan fingerprint density at radius 3 is 2.35 bits per heavy atom. The molecule has 0 aromatic heterocycles. The normalized spacial score (nSPS) is 10.1. The summed E-state index contributed by atoms with van der Waals surface area (Å²) in [5, 5.41) is 0. The zero-order valence-electron chi connectivity index (χ0n) is 11.6. The van der Waals surface area contributed by atoms with Crippen LogP contribution in [0.2, 0.25) is 0 Å². The van der Waals surface area contributed by atoms with Crippen molar-refractivity contribution in [1.29, 1.82) is 0 Å². The zero-order valence-corrected chi connectivity index (χ0v) is 11.6. The number of allylic oxidation sites excluding steroid dienone is 1. The summed E-state index contributed by atoms with van der Waals surface area (Å²) >= 11 is 0. The Bertz CT molecular complexity index is 600. The van der Waals surface area contributed by atoms with Crippen LogP contribution in [0, 0.1) is 0 Å². The summed E-state index contributed by atoms with van der Waals surface area (Å²) in [5.74, 6) is -0.298. The molecule has 0 unspecified atom stereocenters. The van der Waals surface area contributed by atoms with E-state index in [0.717, 1.165) is 17.6 Å². The summed E-state index contributed by atoms with van der Waals surface area (Å²) in [6.45, 7) is 4.12. The van der Waals surface area contributed by atoms with Crippen LogP contribution in [0.5, 0.6) is 0 Å². The van der Waals surface area contributed by atoms with Crippen molar-refractivity contribution in [3.05, 3.63) is 83.4 Å². The summed E-state index contributed by atoms with van der Waals surface area (Å²) < 4.78 is 4.81. The highest BCUT2D eigenvalue weighted by atomic mass is 16.5. The van der Waals surface area contributed by atoms with Gasteiger partial charge in [-0.1, -0.05) is 60.7 Å². The Morgan fingerprint density at radius 1 is 1.00 bits per heavy atom. The fourth-order valence-corrected chi connectivity index (χ4v) is 2.20. The van der Waals surface area contributed by atoms with Gasteiger partial charge in [0.2, 0.25) is 0 Å². The second-order valence-corrected chi connectivity index (χ2v) is 4.74. The minimum absolute atomic E-state index is 0.298. The highest BCUT2D eigenvalue weighted by Crippen LogP contribution is 2.16. The van der Waals surface area contributed by atoms with Crippen LogP contribution < -0.4 is 0 Å². The van der Waals surface area contributed by atoms with Crippen molar-refractivity contribution < 1.29 is 9.53 Å². The first-order valence-electron chi connectivity index (χ1n) is 6.57. The summed E-state index contributed by atoms with van der Waals surface area (Å²) in [6.07, 6.45) is 1.50. The Kier molecular flexibility index (Phi) is 4.72. The van der Waals surface area contributed by atoms with Gasteiger partial charge in [-0.25, -0.2) is 4.79 Å². The third-order valence-electron chi connectivity index (χ3n) is 3.16. The van der Waals surface area contributed by atoms with E-state index < -0.39 is 0 Å². The molecule has 0 bridgehead atoms. The Hall–Kier alpha value is -2.35. The van der Waals surface area contributed by atoms with Crippen molar-refractivity contribution in [2.75, 3.05) is 7.11 Å². The van der Waals surface area contributed by atoms with Gasteiger partial charge < -0.3 is 4.74 Å². The van der Waals surface area contributed by atoms with E-state index in [2.05, 4.69) is 18.7 Å². The van der Waals surface area contributed by atoms with Crippen molar-refractivity contribution in [2.24, 2.45) is 0 Å². The molecule has 0 aliphatic heterocycles. The van der Waals surface area contributed by atoms with E-state index in [9.17, 15) is 4.79 Å². The maximum absolute atomic E-state index is 11.7. The van der Waals surface area contributed by atoms with Gasteiger partial charge in [0, 0.05) is 0 Å². The second kappa shape index (κ2) is 6.71. The van der Waals surface area contributed by atoms with Crippen molar-refractivity contribution in [3.8, 4) is 0 Å². The van der Waals surface area contributed by atoms with E-state index in [-0.39, 0.29) is 5.97 Å². The van der Waals surface area contributed by atoms with Gasteiger partial charge in [0.1, 0.15) is 0 Å². The second-order valence-electron chi connectivity index (χ2n) is 4.74. The monoisotopic (exact) mass is 266 g/mol. The number of methoxy groups -OCH3 is 1. The van der Waals surface area contributed by atoms with E-state index in [1.54, 1.807) is 6.07 Å². The fraction of sp³-hybridized carbons (Fsp3) is 0.167. The number of carbonyl (C=O) groups is 1. The van der Waals surface area contributed by atoms with Crippen LogP contribution in [0.1, 0.15) is 21.5 Å². The number of rotatable bonds is 5. The predicted molar refractivity (Wildman–Crippen MR) is 80.8 cm³/mol. The van der Waals surface area contributed by atoms with Gasteiger partial charge in [-0.3, -0.25) is 0 Å². The summed E-state index contributed by atoms with van der Waals surface area (Å²) in [5.41, 5.74) is 3.88. The molecule has 0 N–H and O–H groups in total. The molecule has 102 valence electrons. The maximum atomic E-state index is 11.7. The van der Waals surface area contributed by atoms with Crippen molar-refractivity contribution >= 4 is 5.97 Å². The molecular formula is C18H18O2. The molecule has 2 heteroatoms. The van der Waals surface area contributed by atoms with Gasteiger partial charge in [-0.05, 0) is 30.0 Å². The average Bonchev–Trinajstić information content (AvgIpc) is 2.48. The van der Waals surface area contributed by atoms with Gasteiger partial charge >= 0.3 is 5.97 Å². The number of hydrogen-bond acceptors (Lipinski definition) is 2. The zero-order chi connectivity index (χ0) is 14.4. The minimum atomic E-state index is -0.298. The standard InChI is InChI=1S/C18H18O2/c1-14(12-15-8-4-3-5-9-15)13-16-10-6-7-11-17(16)18(19)20-2/h3-11H,1,12-13H2,2H3. The largest absolute Gasteiger partial charge is 0.465 e. The quantitative estimate of drug-likeness (QED) is 0.607. The first kappa shape index (κ1) is 14.1. The van der Waals surface area contributed by atoms with Crippen LogP contribution in [-0.4, -0.2) is 13.1 Å². The van der Waals surface area contributed by atoms with Gasteiger partial charge in [0.05, 0.1) is 12.7 Å². The van der Waals surface area contributed by atoms with Crippen LogP contribution in [0.4, 0.5) is 0 Å². The highest BCUT2D eigenvalue weighted by molar-refractivity contribution is 5.91. The molecule has 0 aliphatic rings. The number of ether oxygens (including phenoxy) is 1. The first-order chi connectivity index (χ1) is 9.70. The number of carbonyl (C=O) groups excluding carboxylic acids is 1. The molecule has 20 heavy (non-hydrogen) atoms.